The average Bonchev–Trinajstić information content (AvgIpc) is 3.20. The van der Waals surface area contributed by atoms with E-state index in [0.29, 0.717) is 22.5 Å². The highest BCUT2D eigenvalue weighted by atomic mass is 16.5. The van der Waals surface area contributed by atoms with Crippen molar-refractivity contribution in [3.05, 3.63) is 59.8 Å². The number of benzene rings is 2. The van der Waals surface area contributed by atoms with E-state index in [1.54, 1.807) is 43.5 Å². The summed E-state index contributed by atoms with van der Waals surface area (Å²) in [5, 5.41) is 13.3. The van der Waals surface area contributed by atoms with Gasteiger partial charge in [0.1, 0.15) is 5.92 Å². The van der Waals surface area contributed by atoms with Gasteiger partial charge in [-0.15, -0.1) is 0 Å². The van der Waals surface area contributed by atoms with Crippen LogP contribution < -0.4 is 10.6 Å². The Balaban J connectivity index is 1.62. The van der Waals surface area contributed by atoms with Crippen LogP contribution in [0.3, 0.4) is 0 Å². The predicted octanol–water partition coefficient (Wildman–Crippen LogP) is 2.83. The highest BCUT2D eigenvalue weighted by Gasteiger charge is 2.37. The third-order valence-electron chi connectivity index (χ3n) is 5.02. The fourth-order valence-electron chi connectivity index (χ4n) is 3.52. The number of nitrogens with zero attached hydrogens (tertiary/aromatic N) is 2. The van der Waals surface area contributed by atoms with E-state index in [1.165, 1.54) is 7.11 Å². The van der Waals surface area contributed by atoms with Crippen LogP contribution >= 0.6 is 0 Å². The van der Waals surface area contributed by atoms with Crippen LogP contribution in [0.15, 0.2) is 53.7 Å². The Labute approximate surface area is 171 Å². The van der Waals surface area contributed by atoms with Crippen molar-refractivity contribution in [1.82, 2.24) is 15.5 Å². The summed E-state index contributed by atoms with van der Waals surface area (Å²) in [6.07, 6.45) is 1.67. The van der Waals surface area contributed by atoms with Gasteiger partial charge < -0.3 is 15.4 Å². The molecule has 0 spiro atoms. The van der Waals surface area contributed by atoms with Crippen molar-refractivity contribution in [2.24, 2.45) is 10.9 Å². The van der Waals surface area contributed by atoms with Crippen molar-refractivity contribution >= 4 is 40.2 Å². The molecule has 2 aromatic carbocycles. The molecule has 4 rings (SSSR count). The number of rotatable bonds is 4. The van der Waals surface area contributed by atoms with E-state index in [-0.39, 0.29) is 5.91 Å². The largest absolute Gasteiger partial charge is 0.465 e. The highest BCUT2D eigenvalue weighted by molar-refractivity contribution is 6.13. The second kappa shape index (κ2) is 7.78. The maximum Gasteiger partial charge on any atom is 0.341 e. The normalized spacial score (nSPS) is 18.5. The Bertz CT molecular complexity index is 1170. The molecule has 3 N–H and O–H groups in total. The molecular formula is C21H19N5O4. The average molecular weight is 405 g/mol. The van der Waals surface area contributed by atoms with E-state index in [0.717, 1.165) is 10.9 Å². The summed E-state index contributed by atoms with van der Waals surface area (Å²) in [7, 11) is 1.30. The van der Waals surface area contributed by atoms with Crippen LogP contribution in [0.4, 0.5) is 10.5 Å². The summed E-state index contributed by atoms with van der Waals surface area (Å²) in [6.45, 7) is 1.65. The van der Waals surface area contributed by atoms with Crippen molar-refractivity contribution in [2.75, 3.05) is 12.4 Å². The third-order valence-corrected chi connectivity index (χ3v) is 5.02. The highest BCUT2D eigenvalue weighted by Crippen LogP contribution is 2.29. The number of urea groups is 1. The molecule has 0 bridgehead atoms. The number of anilines is 1. The van der Waals surface area contributed by atoms with E-state index in [4.69, 9.17) is 4.74 Å². The standard InChI is InChI=1S/C21H19N5O4/c1-11-17(19(27)24-15-7-8-16-14(9-15)10-22-26-16)18(25-21(29)23-11)12-3-5-13(6-4-12)20(28)30-2/h3-10,17-18H,1-2H3,(H,22,26)(H,24,27)(H,25,29). The van der Waals surface area contributed by atoms with Crippen molar-refractivity contribution < 1.29 is 19.1 Å². The number of hydrogen-bond acceptors (Lipinski definition) is 5. The first-order valence-electron chi connectivity index (χ1n) is 9.24. The lowest BCUT2D eigenvalue weighted by Crippen LogP contribution is -2.45. The molecular weight excluding hydrogens is 386 g/mol. The first-order valence-corrected chi connectivity index (χ1v) is 9.24. The lowest BCUT2D eigenvalue weighted by Gasteiger charge is -2.30. The van der Waals surface area contributed by atoms with Gasteiger partial charge in [0.15, 0.2) is 0 Å². The fraction of sp³-hybridized carbons (Fsp3) is 0.190. The van der Waals surface area contributed by atoms with Gasteiger partial charge in [-0.1, -0.05) is 12.1 Å². The van der Waals surface area contributed by atoms with E-state index < -0.39 is 24.0 Å². The van der Waals surface area contributed by atoms with Crippen LogP contribution in [0.5, 0.6) is 0 Å². The van der Waals surface area contributed by atoms with Gasteiger partial charge in [-0.3, -0.25) is 9.89 Å². The van der Waals surface area contributed by atoms with Gasteiger partial charge in [-0.05, 0) is 42.8 Å². The van der Waals surface area contributed by atoms with E-state index in [9.17, 15) is 14.4 Å². The number of carbonyl (C=O) groups is 3. The summed E-state index contributed by atoms with van der Waals surface area (Å²) in [5.41, 5.74) is 2.93. The Kier molecular flexibility index (Phi) is 5.01. The number of nitrogens with one attached hydrogen (secondary N) is 3. The minimum absolute atomic E-state index is 0.305. The first kappa shape index (κ1) is 19.3. The van der Waals surface area contributed by atoms with Gasteiger partial charge in [0.2, 0.25) is 5.91 Å². The number of amides is 3. The molecule has 0 aliphatic carbocycles. The number of carbonyl (C=O) groups excluding carboxylic acids is 3. The van der Waals surface area contributed by atoms with Crippen LogP contribution in [-0.4, -0.2) is 40.9 Å². The summed E-state index contributed by atoms with van der Waals surface area (Å²) >= 11 is 0. The van der Waals surface area contributed by atoms with Gasteiger partial charge in [0, 0.05) is 16.8 Å². The smallest absolute Gasteiger partial charge is 0.341 e. The van der Waals surface area contributed by atoms with E-state index in [1.807, 2.05) is 12.1 Å². The molecule has 2 heterocycles. The lowest BCUT2D eigenvalue weighted by molar-refractivity contribution is -0.118. The Morgan fingerprint density at radius 1 is 1.13 bits per heavy atom. The summed E-state index contributed by atoms with van der Waals surface area (Å²) < 4.78 is 4.71. The summed E-state index contributed by atoms with van der Waals surface area (Å²) in [4.78, 5) is 40.7. The van der Waals surface area contributed by atoms with Gasteiger partial charge in [0.25, 0.3) is 0 Å². The van der Waals surface area contributed by atoms with Crippen LogP contribution in [-0.2, 0) is 9.53 Å². The Hall–Kier alpha value is -4.01. The van der Waals surface area contributed by atoms with Gasteiger partial charge in [-0.2, -0.15) is 5.10 Å². The maximum atomic E-state index is 13.1. The van der Waals surface area contributed by atoms with Crippen molar-refractivity contribution in [3.8, 4) is 0 Å². The molecule has 2 atom stereocenters. The molecule has 1 aromatic heterocycles. The van der Waals surface area contributed by atoms with Gasteiger partial charge in [-0.25, -0.2) is 14.6 Å². The third kappa shape index (κ3) is 3.64. The molecule has 0 radical (unpaired) electrons. The molecule has 30 heavy (non-hydrogen) atoms. The molecule has 9 nitrogen and oxygen atoms in total. The zero-order chi connectivity index (χ0) is 21.3. The fourth-order valence-corrected chi connectivity index (χ4v) is 3.52. The SMILES string of the molecule is COC(=O)c1ccc(C2NC(=O)N=C(C)C2C(=O)Nc2ccc3[nH]ncc3c2)cc1. The zero-order valence-electron chi connectivity index (χ0n) is 16.3. The van der Waals surface area contributed by atoms with Crippen LogP contribution in [0.2, 0.25) is 0 Å². The van der Waals surface area contributed by atoms with Crippen molar-refractivity contribution in [3.63, 3.8) is 0 Å². The monoisotopic (exact) mass is 405 g/mol. The molecule has 0 saturated heterocycles. The van der Waals surface area contributed by atoms with E-state index >= 15 is 0 Å². The minimum Gasteiger partial charge on any atom is -0.465 e. The predicted molar refractivity (Wildman–Crippen MR) is 110 cm³/mol. The first-order chi connectivity index (χ1) is 14.5. The Morgan fingerprint density at radius 2 is 1.90 bits per heavy atom. The topological polar surface area (TPSA) is 126 Å². The summed E-state index contributed by atoms with van der Waals surface area (Å²) in [5.74, 6) is -1.48. The van der Waals surface area contributed by atoms with Gasteiger partial charge in [0.05, 0.1) is 30.4 Å². The number of methoxy groups -OCH3 is 1. The number of aromatic amines is 1. The Morgan fingerprint density at radius 3 is 2.63 bits per heavy atom. The molecule has 1 aliphatic heterocycles. The lowest BCUT2D eigenvalue weighted by atomic mass is 9.87. The number of aromatic nitrogens is 2. The van der Waals surface area contributed by atoms with Crippen LogP contribution in [0.1, 0.15) is 28.9 Å². The number of aliphatic imine (C=N–C) groups is 1. The molecule has 152 valence electrons. The molecule has 3 aromatic rings. The number of esters is 1. The molecule has 1 aliphatic rings. The number of fused-ring (bicyclic) bond motifs is 1. The molecule has 9 heteroatoms. The molecule has 3 amide bonds. The number of hydrogen-bond donors (Lipinski definition) is 3. The minimum atomic E-state index is -0.716. The van der Waals surface area contributed by atoms with Crippen molar-refractivity contribution in [2.45, 2.75) is 13.0 Å². The number of ether oxygens (including phenoxy) is 1. The molecule has 2 unspecified atom stereocenters. The zero-order valence-corrected chi connectivity index (χ0v) is 16.3. The van der Waals surface area contributed by atoms with E-state index in [2.05, 4.69) is 25.8 Å². The summed E-state index contributed by atoms with van der Waals surface area (Å²) in [6, 6.07) is 10.8. The second-order valence-electron chi connectivity index (χ2n) is 6.93. The van der Waals surface area contributed by atoms with Gasteiger partial charge >= 0.3 is 12.0 Å². The quantitative estimate of drug-likeness (QED) is 0.576. The molecule has 0 fully saturated rings. The molecule has 0 saturated carbocycles. The van der Waals surface area contributed by atoms with Crippen LogP contribution in [0, 0.1) is 5.92 Å². The van der Waals surface area contributed by atoms with Crippen LogP contribution in [0.25, 0.3) is 10.9 Å². The van der Waals surface area contributed by atoms with Crippen molar-refractivity contribution in [1.29, 1.82) is 0 Å². The second-order valence-corrected chi connectivity index (χ2v) is 6.93. The number of H-pyrrole nitrogens is 1. The maximum absolute atomic E-state index is 13.1.